The van der Waals surface area contributed by atoms with E-state index in [0.717, 1.165) is 0 Å². The Balaban J connectivity index is 2.62. The fraction of sp³-hybridized carbons (Fsp3) is 0.818. The van der Waals surface area contributed by atoms with E-state index < -0.39 is 12.2 Å². The average molecular weight is 229 g/mol. The lowest BCUT2D eigenvalue weighted by molar-refractivity contribution is -0.152. The van der Waals surface area contributed by atoms with Crippen LogP contribution in [0.2, 0.25) is 0 Å². The third-order valence-corrected chi connectivity index (χ3v) is 2.47. The zero-order chi connectivity index (χ0) is 12.1. The second-order valence-electron chi connectivity index (χ2n) is 4.31. The molecule has 1 heterocycles. The van der Waals surface area contributed by atoms with E-state index in [9.17, 15) is 9.59 Å². The van der Waals surface area contributed by atoms with E-state index in [0.29, 0.717) is 25.5 Å². The molecule has 16 heavy (non-hydrogen) atoms. The van der Waals surface area contributed by atoms with Crippen LogP contribution in [0.3, 0.4) is 0 Å². The van der Waals surface area contributed by atoms with Gasteiger partial charge in [0, 0.05) is 0 Å². The highest BCUT2D eigenvalue weighted by atomic mass is 16.6. The van der Waals surface area contributed by atoms with Gasteiger partial charge in [-0.1, -0.05) is 13.8 Å². The Morgan fingerprint density at radius 2 is 2.31 bits per heavy atom. The predicted octanol–water partition coefficient (Wildman–Crippen LogP) is 1.32. The van der Waals surface area contributed by atoms with Crippen LogP contribution in [0.25, 0.3) is 0 Å². The number of carbonyl (C=O) groups is 2. The molecule has 0 aromatic rings. The molecule has 1 fully saturated rings. The normalized spacial score (nSPS) is 21.5. The summed E-state index contributed by atoms with van der Waals surface area (Å²) >= 11 is 0. The molecular weight excluding hydrogens is 210 g/mol. The maximum Gasteiger partial charge on any atom is 0.407 e. The van der Waals surface area contributed by atoms with Crippen LogP contribution in [0, 0.1) is 11.8 Å². The van der Waals surface area contributed by atoms with Crippen LogP contribution >= 0.6 is 0 Å². The van der Waals surface area contributed by atoms with Crippen molar-refractivity contribution < 1.29 is 19.1 Å². The molecule has 0 radical (unpaired) electrons. The Hall–Kier alpha value is -1.26. The first-order valence-corrected chi connectivity index (χ1v) is 5.65. The molecule has 1 unspecified atom stereocenters. The van der Waals surface area contributed by atoms with Gasteiger partial charge in [0.05, 0.1) is 19.1 Å². The van der Waals surface area contributed by atoms with Crippen molar-refractivity contribution in [1.29, 1.82) is 0 Å². The first-order valence-electron chi connectivity index (χ1n) is 5.65. The molecule has 5 heteroatoms. The number of rotatable bonds is 5. The van der Waals surface area contributed by atoms with Gasteiger partial charge in [-0.2, -0.15) is 0 Å². The Bertz CT molecular complexity index is 265. The zero-order valence-corrected chi connectivity index (χ0v) is 9.99. The largest absolute Gasteiger partial charge is 0.466 e. The molecule has 5 nitrogen and oxygen atoms in total. The van der Waals surface area contributed by atoms with Crippen LogP contribution in [0.4, 0.5) is 4.79 Å². The van der Waals surface area contributed by atoms with E-state index in [1.165, 1.54) is 0 Å². The van der Waals surface area contributed by atoms with Crippen LogP contribution in [-0.2, 0) is 14.3 Å². The molecule has 1 amide bonds. The summed E-state index contributed by atoms with van der Waals surface area (Å²) in [5.41, 5.74) is 0. The first kappa shape index (κ1) is 12.8. The number of hydrogen-bond acceptors (Lipinski definition) is 4. The molecule has 1 N–H and O–H groups in total. The second-order valence-corrected chi connectivity index (χ2v) is 4.31. The molecule has 1 saturated heterocycles. The Morgan fingerprint density at radius 3 is 2.75 bits per heavy atom. The van der Waals surface area contributed by atoms with Gasteiger partial charge in [0.25, 0.3) is 0 Å². The van der Waals surface area contributed by atoms with Crippen molar-refractivity contribution in [2.24, 2.45) is 11.8 Å². The van der Waals surface area contributed by atoms with Gasteiger partial charge in [-0.15, -0.1) is 0 Å². The highest BCUT2D eigenvalue weighted by Gasteiger charge is 2.36. The summed E-state index contributed by atoms with van der Waals surface area (Å²) < 4.78 is 10.0. The summed E-state index contributed by atoms with van der Waals surface area (Å²) in [4.78, 5) is 22.7. The monoisotopic (exact) mass is 229 g/mol. The van der Waals surface area contributed by atoms with Gasteiger partial charge in [-0.25, -0.2) is 4.79 Å². The summed E-state index contributed by atoms with van der Waals surface area (Å²) in [5.74, 6) is -0.287. The fourth-order valence-electron chi connectivity index (χ4n) is 1.79. The Labute approximate surface area is 95.5 Å². The number of carbonyl (C=O) groups excluding carboxylic acids is 2. The van der Waals surface area contributed by atoms with E-state index in [-0.39, 0.29) is 11.9 Å². The number of hydrogen-bond donors (Lipinski definition) is 1. The van der Waals surface area contributed by atoms with Gasteiger partial charge < -0.3 is 14.8 Å². The van der Waals surface area contributed by atoms with Crippen LogP contribution in [0.15, 0.2) is 0 Å². The molecule has 0 aromatic carbocycles. The molecule has 0 spiro atoms. The minimum atomic E-state index is -0.456. The van der Waals surface area contributed by atoms with Gasteiger partial charge >= 0.3 is 12.1 Å². The molecule has 0 aromatic heterocycles. The quantitative estimate of drug-likeness (QED) is 0.722. The van der Waals surface area contributed by atoms with Crippen LogP contribution in [0.5, 0.6) is 0 Å². The summed E-state index contributed by atoms with van der Waals surface area (Å²) in [6, 6.07) is 0. The molecule has 0 aliphatic carbocycles. The van der Waals surface area contributed by atoms with Crippen molar-refractivity contribution in [3.8, 4) is 0 Å². The van der Waals surface area contributed by atoms with Gasteiger partial charge in [0.1, 0.15) is 6.10 Å². The third kappa shape index (κ3) is 3.40. The van der Waals surface area contributed by atoms with Crippen LogP contribution < -0.4 is 5.32 Å². The van der Waals surface area contributed by atoms with Crippen molar-refractivity contribution >= 4 is 12.1 Å². The second kappa shape index (κ2) is 5.72. The molecule has 1 aliphatic rings. The number of esters is 1. The van der Waals surface area contributed by atoms with E-state index in [4.69, 9.17) is 9.47 Å². The Kier molecular flexibility index (Phi) is 4.58. The van der Waals surface area contributed by atoms with Crippen LogP contribution in [0.1, 0.15) is 27.2 Å². The lowest BCUT2D eigenvalue weighted by Gasteiger charge is -2.21. The molecule has 0 bridgehead atoms. The number of alkyl carbamates (subject to hydrolysis) is 1. The highest BCUT2D eigenvalue weighted by molar-refractivity contribution is 5.75. The summed E-state index contributed by atoms with van der Waals surface area (Å²) in [6.45, 7) is 6.55. The van der Waals surface area contributed by atoms with Crippen molar-refractivity contribution in [3.63, 3.8) is 0 Å². The van der Waals surface area contributed by atoms with Crippen LogP contribution in [-0.4, -0.2) is 31.3 Å². The summed E-state index contributed by atoms with van der Waals surface area (Å²) in [7, 11) is 0. The van der Waals surface area contributed by atoms with Crippen molar-refractivity contribution in [2.45, 2.75) is 33.3 Å². The number of ether oxygens (including phenoxy) is 2. The van der Waals surface area contributed by atoms with Gasteiger partial charge in [-0.3, -0.25) is 4.79 Å². The van der Waals surface area contributed by atoms with Crippen molar-refractivity contribution in [3.05, 3.63) is 0 Å². The number of cyclic esters (lactones) is 1. The van der Waals surface area contributed by atoms with E-state index in [1.807, 2.05) is 13.8 Å². The average Bonchev–Trinajstić information content (AvgIpc) is 2.61. The smallest absolute Gasteiger partial charge is 0.407 e. The molecule has 0 saturated carbocycles. The minimum Gasteiger partial charge on any atom is -0.466 e. The van der Waals surface area contributed by atoms with Gasteiger partial charge in [0.2, 0.25) is 0 Å². The van der Waals surface area contributed by atoms with E-state index >= 15 is 0 Å². The maximum absolute atomic E-state index is 11.7. The number of amides is 1. The summed E-state index contributed by atoms with van der Waals surface area (Å²) in [5, 5.41) is 2.55. The first-order chi connectivity index (χ1) is 7.54. The molecule has 1 rings (SSSR count). The minimum absolute atomic E-state index is 0.280. The van der Waals surface area contributed by atoms with Crippen molar-refractivity contribution in [2.75, 3.05) is 13.2 Å². The molecular formula is C11H19NO4. The topological polar surface area (TPSA) is 64.6 Å². The zero-order valence-electron chi connectivity index (χ0n) is 9.99. The molecule has 92 valence electrons. The molecule has 1 aliphatic heterocycles. The standard InChI is InChI=1S/C11H19NO4/c1-4-15-10(13)8(5-7(2)3)9-6-12-11(14)16-9/h7-9H,4-6H2,1-3H3,(H,12,14)/t8?,9-/m0/s1. The van der Waals surface area contributed by atoms with E-state index in [1.54, 1.807) is 6.92 Å². The fourth-order valence-corrected chi connectivity index (χ4v) is 1.79. The Morgan fingerprint density at radius 1 is 1.62 bits per heavy atom. The number of nitrogens with one attached hydrogen (secondary N) is 1. The highest BCUT2D eigenvalue weighted by Crippen LogP contribution is 2.21. The van der Waals surface area contributed by atoms with Crippen molar-refractivity contribution in [1.82, 2.24) is 5.32 Å². The predicted molar refractivity (Wildman–Crippen MR) is 57.8 cm³/mol. The maximum atomic E-state index is 11.7. The lowest BCUT2D eigenvalue weighted by Crippen LogP contribution is -2.33. The summed E-state index contributed by atoms with van der Waals surface area (Å²) in [6.07, 6.45) is -0.185. The third-order valence-electron chi connectivity index (χ3n) is 2.47. The van der Waals surface area contributed by atoms with Gasteiger partial charge in [-0.05, 0) is 19.3 Å². The lowest BCUT2D eigenvalue weighted by atomic mass is 9.92. The SMILES string of the molecule is CCOC(=O)C(CC(C)C)[C@@H]1CNC(=O)O1. The molecule has 2 atom stereocenters. The van der Waals surface area contributed by atoms with Gasteiger partial charge in [0.15, 0.2) is 0 Å². The van der Waals surface area contributed by atoms with E-state index in [2.05, 4.69) is 5.32 Å².